The molecule has 0 aromatic carbocycles. The molecule has 0 radical (unpaired) electrons. The third-order valence-corrected chi connectivity index (χ3v) is 4.81. The normalized spacial score (nSPS) is 15.2. The lowest BCUT2D eigenvalue weighted by molar-refractivity contribution is 0.0712. The van der Waals surface area contributed by atoms with E-state index >= 15 is 0 Å². The maximum atomic E-state index is 12.7. The number of aromatic nitrogens is 4. The highest BCUT2D eigenvalue weighted by Gasteiger charge is 2.25. The summed E-state index contributed by atoms with van der Waals surface area (Å²) in [6.45, 7) is 1.45. The molecule has 7 nitrogen and oxygen atoms in total. The molecule has 3 aromatic heterocycles. The fourth-order valence-electron chi connectivity index (χ4n) is 3.34. The van der Waals surface area contributed by atoms with Crippen LogP contribution in [0.5, 0.6) is 0 Å². The molecule has 134 valence electrons. The second-order valence-electron chi connectivity index (χ2n) is 6.60. The lowest BCUT2D eigenvalue weighted by Gasteiger charge is -2.32. The monoisotopic (exact) mass is 350 g/mol. The molecule has 4 rings (SSSR count). The van der Waals surface area contributed by atoms with E-state index in [4.69, 9.17) is 0 Å². The van der Waals surface area contributed by atoms with Gasteiger partial charge in [0.2, 0.25) is 0 Å². The van der Waals surface area contributed by atoms with Crippen LogP contribution in [0.3, 0.4) is 0 Å². The van der Waals surface area contributed by atoms with Crippen molar-refractivity contribution >= 4 is 11.7 Å². The number of nitrogens with one attached hydrogen (secondary N) is 2. The minimum absolute atomic E-state index is 0.00856. The van der Waals surface area contributed by atoms with Gasteiger partial charge in [0.25, 0.3) is 5.91 Å². The Kier molecular flexibility index (Phi) is 4.43. The molecule has 1 saturated heterocycles. The molecule has 3 aromatic rings. The van der Waals surface area contributed by atoms with Crippen LogP contribution in [0.15, 0.2) is 48.8 Å². The van der Waals surface area contributed by atoms with E-state index in [1.807, 2.05) is 59.1 Å². The zero-order valence-corrected chi connectivity index (χ0v) is 14.7. The Labute approximate surface area is 152 Å². The van der Waals surface area contributed by atoms with Gasteiger partial charge in [-0.1, -0.05) is 6.07 Å². The van der Waals surface area contributed by atoms with Gasteiger partial charge in [-0.2, -0.15) is 5.10 Å². The number of nitrogens with zero attached hydrogens (tertiary/aromatic N) is 4. The first-order chi connectivity index (χ1) is 12.7. The number of carbonyl (C=O) groups excluding carboxylic acids is 1. The summed E-state index contributed by atoms with van der Waals surface area (Å²) in [5.41, 5.74) is 2.31. The lowest BCUT2D eigenvalue weighted by Crippen LogP contribution is -2.42. The molecule has 0 atom stereocenters. The number of H-pyrrole nitrogens is 1. The summed E-state index contributed by atoms with van der Waals surface area (Å²) < 4.78 is 1.99. The number of aryl methyl sites for hydroxylation is 1. The number of anilines is 1. The summed E-state index contributed by atoms with van der Waals surface area (Å²) >= 11 is 0. The number of hydrogen-bond donors (Lipinski definition) is 2. The van der Waals surface area contributed by atoms with Crippen LogP contribution in [0, 0.1) is 0 Å². The van der Waals surface area contributed by atoms with Crippen molar-refractivity contribution in [2.24, 2.45) is 7.05 Å². The largest absolute Gasteiger partial charge is 0.367 e. The molecule has 2 N–H and O–H groups in total. The van der Waals surface area contributed by atoms with E-state index in [1.165, 1.54) is 0 Å². The number of hydrogen-bond acceptors (Lipinski definition) is 4. The van der Waals surface area contributed by atoms with E-state index in [2.05, 4.69) is 20.5 Å². The van der Waals surface area contributed by atoms with Crippen molar-refractivity contribution in [3.05, 3.63) is 54.5 Å². The minimum Gasteiger partial charge on any atom is -0.367 e. The summed E-state index contributed by atoms with van der Waals surface area (Å²) in [6, 6.07) is 12.0. The molecule has 0 unspecified atom stereocenters. The highest BCUT2D eigenvalue weighted by Crippen LogP contribution is 2.20. The van der Waals surface area contributed by atoms with E-state index in [0.29, 0.717) is 11.7 Å². The zero-order valence-electron chi connectivity index (χ0n) is 14.7. The Morgan fingerprint density at radius 1 is 1.23 bits per heavy atom. The second-order valence-corrected chi connectivity index (χ2v) is 6.60. The van der Waals surface area contributed by atoms with Gasteiger partial charge in [0.05, 0.1) is 5.69 Å². The fourth-order valence-corrected chi connectivity index (χ4v) is 3.34. The van der Waals surface area contributed by atoms with E-state index < -0.39 is 0 Å². The second kappa shape index (κ2) is 7.03. The molecule has 0 saturated carbocycles. The van der Waals surface area contributed by atoms with Gasteiger partial charge in [0, 0.05) is 38.6 Å². The summed E-state index contributed by atoms with van der Waals surface area (Å²) in [5, 5.41) is 10.6. The zero-order chi connectivity index (χ0) is 17.9. The van der Waals surface area contributed by atoms with Crippen molar-refractivity contribution in [1.82, 2.24) is 24.6 Å². The molecule has 1 aliphatic rings. The Hall–Kier alpha value is -3.09. The number of aromatic amines is 1. The first-order valence-corrected chi connectivity index (χ1v) is 8.84. The highest BCUT2D eigenvalue weighted by molar-refractivity contribution is 5.93. The maximum Gasteiger partial charge on any atom is 0.271 e. The van der Waals surface area contributed by atoms with Crippen LogP contribution in [0.25, 0.3) is 11.4 Å². The van der Waals surface area contributed by atoms with Crippen LogP contribution in [0.2, 0.25) is 0 Å². The fraction of sp³-hybridized carbons (Fsp3) is 0.316. The molecule has 1 fully saturated rings. The number of pyridine rings is 1. The van der Waals surface area contributed by atoms with Crippen molar-refractivity contribution in [3.63, 3.8) is 0 Å². The Morgan fingerprint density at radius 2 is 2.08 bits per heavy atom. The predicted octanol–water partition coefficient (Wildman–Crippen LogP) is 2.53. The number of likely N-dealkylation sites (tertiary alicyclic amines) is 1. The van der Waals surface area contributed by atoms with Crippen LogP contribution >= 0.6 is 0 Å². The summed E-state index contributed by atoms with van der Waals surface area (Å²) in [4.78, 5) is 18.9. The summed E-state index contributed by atoms with van der Waals surface area (Å²) in [6.07, 6.45) is 5.55. The maximum absolute atomic E-state index is 12.7. The van der Waals surface area contributed by atoms with Gasteiger partial charge >= 0.3 is 0 Å². The summed E-state index contributed by atoms with van der Waals surface area (Å²) in [7, 11) is 1.96. The highest BCUT2D eigenvalue weighted by atomic mass is 16.2. The van der Waals surface area contributed by atoms with Crippen LogP contribution in [-0.4, -0.2) is 49.7 Å². The van der Waals surface area contributed by atoms with Gasteiger partial charge in [-0.05, 0) is 43.2 Å². The van der Waals surface area contributed by atoms with Crippen LogP contribution in [0.1, 0.15) is 23.3 Å². The smallest absolute Gasteiger partial charge is 0.271 e. The third kappa shape index (κ3) is 3.33. The van der Waals surface area contributed by atoms with Gasteiger partial charge in [-0.25, -0.2) is 4.98 Å². The topological polar surface area (TPSA) is 78.8 Å². The van der Waals surface area contributed by atoms with Crippen molar-refractivity contribution in [1.29, 1.82) is 0 Å². The van der Waals surface area contributed by atoms with E-state index in [9.17, 15) is 4.79 Å². The molecule has 0 bridgehead atoms. The van der Waals surface area contributed by atoms with Crippen LogP contribution in [-0.2, 0) is 7.05 Å². The van der Waals surface area contributed by atoms with Crippen LogP contribution < -0.4 is 5.32 Å². The molecule has 26 heavy (non-hydrogen) atoms. The van der Waals surface area contributed by atoms with Crippen molar-refractivity contribution in [2.45, 2.75) is 18.9 Å². The minimum atomic E-state index is 0.00856. The lowest BCUT2D eigenvalue weighted by atomic mass is 10.0. The molecular weight excluding hydrogens is 328 g/mol. The third-order valence-electron chi connectivity index (χ3n) is 4.81. The Balaban J connectivity index is 1.37. The van der Waals surface area contributed by atoms with Gasteiger partial charge in [0.15, 0.2) is 0 Å². The molecule has 1 amide bonds. The quantitative estimate of drug-likeness (QED) is 0.758. The van der Waals surface area contributed by atoms with Gasteiger partial charge < -0.3 is 14.8 Å². The van der Waals surface area contributed by atoms with Crippen molar-refractivity contribution in [2.75, 3.05) is 18.4 Å². The summed E-state index contributed by atoms with van der Waals surface area (Å²) in [5.74, 6) is 0.896. The Morgan fingerprint density at radius 3 is 2.77 bits per heavy atom. The van der Waals surface area contributed by atoms with Gasteiger partial charge in [-0.15, -0.1) is 0 Å². The molecule has 7 heteroatoms. The average Bonchev–Trinajstić information content (AvgIpc) is 3.31. The van der Waals surface area contributed by atoms with E-state index in [1.54, 1.807) is 6.20 Å². The Bertz CT molecular complexity index is 876. The van der Waals surface area contributed by atoms with Crippen molar-refractivity contribution < 1.29 is 4.79 Å². The van der Waals surface area contributed by atoms with E-state index in [-0.39, 0.29) is 5.91 Å². The average molecular weight is 350 g/mol. The molecule has 0 aliphatic carbocycles. The number of rotatable bonds is 4. The van der Waals surface area contributed by atoms with Crippen molar-refractivity contribution in [3.8, 4) is 11.4 Å². The van der Waals surface area contributed by atoms with E-state index in [0.717, 1.165) is 43.1 Å². The molecular formula is C19H22N6O. The molecule has 0 spiro atoms. The standard InChI is InChI=1S/C19H22N6O/c1-24-10-4-5-17(24)15-13-16(23-22-15)19(26)25-11-7-14(8-12-25)21-18-6-2-3-9-20-18/h2-6,9-10,13-14H,7-8,11-12H2,1H3,(H,20,21)(H,22,23). The number of carbonyl (C=O) groups is 1. The van der Waals surface area contributed by atoms with Crippen LogP contribution in [0.4, 0.5) is 5.82 Å². The predicted molar refractivity (Wildman–Crippen MR) is 99.8 cm³/mol. The SMILES string of the molecule is Cn1cccc1-c1cc(C(=O)N2CCC(Nc3ccccn3)CC2)[nH]n1. The van der Waals surface area contributed by atoms with Gasteiger partial charge in [-0.3, -0.25) is 9.89 Å². The number of piperidine rings is 1. The van der Waals surface area contributed by atoms with Gasteiger partial charge in [0.1, 0.15) is 17.2 Å². The first-order valence-electron chi connectivity index (χ1n) is 8.84. The number of amides is 1. The first kappa shape index (κ1) is 16.4. The molecule has 1 aliphatic heterocycles. The molecule has 4 heterocycles.